The molecule has 0 bridgehead atoms. The second-order valence-corrected chi connectivity index (χ2v) is 5.42. The number of hydrogen-bond donors (Lipinski definition) is 0. The Labute approximate surface area is 138 Å². The molecule has 1 heterocycles. The number of nitriles is 1. The minimum absolute atomic E-state index is 0.102. The summed E-state index contributed by atoms with van der Waals surface area (Å²) in [7, 11) is 0. The molecule has 1 aromatic heterocycles. The van der Waals surface area contributed by atoms with E-state index >= 15 is 0 Å². The molecule has 4 nitrogen and oxygen atoms in total. The Bertz CT molecular complexity index is 717. The van der Waals surface area contributed by atoms with Crippen LogP contribution in [0.25, 0.3) is 11.1 Å². The van der Waals surface area contributed by atoms with E-state index in [1.165, 1.54) is 18.3 Å². The van der Waals surface area contributed by atoms with E-state index in [0.29, 0.717) is 12.1 Å². The van der Waals surface area contributed by atoms with Crippen LogP contribution in [0.5, 0.6) is 5.75 Å². The van der Waals surface area contributed by atoms with Gasteiger partial charge in [-0.15, -0.1) is 13.2 Å². The number of nitrogens with zero attached hydrogens (tertiary/aromatic N) is 3. The van der Waals surface area contributed by atoms with Gasteiger partial charge in [0.2, 0.25) is 0 Å². The van der Waals surface area contributed by atoms with Crippen molar-refractivity contribution in [3.8, 4) is 22.9 Å². The van der Waals surface area contributed by atoms with Gasteiger partial charge in [0.05, 0.1) is 17.8 Å². The number of rotatable bonds is 7. The summed E-state index contributed by atoms with van der Waals surface area (Å²) in [6.07, 6.45) is 2.71. The minimum atomic E-state index is -4.82. The lowest BCUT2D eigenvalue weighted by Crippen LogP contribution is -2.17. The number of benzene rings is 1. The molecule has 2 aromatic rings. The number of ether oxygens (including phenoxy) is 1. The Morgan fingerprint density at radius 2 is 2.04 bits per heavy atom. The van der Waals surface area contributed by atoms with Gasteiger partial charge in [0.15, 0.2) is 0 Å². The maximum absolute atomic E-state index is 12.6. The quantitative estimate of drug-likeness (QED) is 0.675. The van der Waals surface area contributed by atoms with Gasteiger partial charge in [0, 0.05) is 23.9 Å². The van der Waals surface area contributed by atoms with Crippen LogP contribution in [0.1, 0.15) is 38.2 Å². The second kappa shape index (κ2) is 7.86. The van der Waals surface area contributed by atoms with E-state index in [1.807, 2.05) is 6.07 Å². The van der Waals surface area contributed by atoms with E-state index in [0.717, 1.165) is 31.7 Å². The lowest BCUT2D eigenvalue weighted by atomic mass is 10.1. The van der Waals surface area contributed by atoms with Gasteiger partial charge >= 0.3 is 6.36 Å². The predicted molar refractivity (Wildman–Crippen MR) is 83.2 cm³/mol. The van der Waals surface area contributed by atoms with Crippen LogP contribution in [0.2, 0.25) is 0 Å². The lowest BCUT2D eigenvalue weighted by Gasteiger charge is -2.12. The molecule has 0 radical (unpaired) electrons. The van der Waals surface area contributed by atoms with Crippen LogP contribution < -0.4 is 4.74 Å². The molecule has 7 heteroatoms. The van der Waals surface area contributed by atoms with Crippen molar-refractivity contribution in [3.05, 3.63) is 36.2 Å². The average Bonchev–Trinajstić information content (AvgIpc) is 2.98. The summed E-state index contributed by atoms with van der Waals surface area (Å²) in [6.45, 7) is 2.84. The van der Waals surface area contributed by atoms with Crippen molar-refractivity contribution >= 4 is 0 Å². The summed E-state index contributed by atoms with van der Waals surface area (Å²) in [5.74, 6) is -0.396. The van der Waals surface area contributed by atoms with Crippen LogP contribution >= 0.6 is 0 Å². The number of hydrogen-bond acceptors (Lipinski definition) is 3. The van der Waals surface area contributed by atoms with Crippen molar-refractivity contribution in [2.75, 3.05) is 0 Å². The van der Waals surface area contributed by atoms with Crippen molar-refractivity contribution in [3.63, 3.8) is 0 Å². The topological polar surface area (TPSA) is 50.8 Å². The van der Waals surface area contributed by atoms with Crippen LogP contribution in [0, 0.1) is 11.3 Å². The van der Waals surface area contributed by atoms with Crippen molar-refractivity contribution in [1.29, 1.82) is 5.26 Å². The predicted octanol–water partition coefficient (Wildman–Crippen LogP) is 4.90. The zero-order valence-corrected chi connectivity index (χ0v) is 13.3. The molecule has 0 aliphatic carbocycles. The Balaban J connectivity index is 2.22. The molecule has 0 spiro atoms. The monoisotopic (exact) mass is 337 g/mol. The fraction of sp³-hybridized carbons (Fsp3) is 0.412. The normalized spacial score (nSPS) is 11.3. The van der Waals surface area contributed by atoms with Crippen LogP contribution in [0.3, 0.4) is 0 Å². The summed E-state index contributed by atoms with van der Waals surface area (Å²) in [6, 6.07) is 5.79. The Morgan fingerprint density at radius 3 is 2.71 bits per heavy atom. The summed E-state index contributed by atoms with van der Waals surface area (Å²) in [4.78, 5) is 0. The molecular weight excluding hydrogens is 319 g/mol. The molecule has 2 rings (SSSR count). The number of aromatic nitrogens is 2. The third-order valence-electron chi connectivity index (χ3n) is 3.52. The zero-order chi connectivity index (χ0) is 17.6. The van der Waals surface area contributed by atoms with Crippen molar-refractivity contribution in [2.45, 2.75) is 45.5 Å². The molecule has 0 atom stereocenters. The highest BCUT2D eigenvalue weighted by Gasteiger charge is 2.32. The van der Waals surface area contributed by atoms with Gasteiger partial charge in [-0.1, -0.05) is 26.2 Å². The molecule has 0 saturated heterocycles. The SMILES string of the molecule is CCCCCCn1cc(-c2ccc(C#N)cc2OC(F)(F)F)cn1. The second-order valence-electron chi connectivity index (χ2n) is 5.42. The summed E-state index contributed by atoms with van der Waals surface area (Å²) < 4.78 is 43.5. The minimum Gasteiger partial charge on any atom is -0.405 e. The molecule has 0 amide bonds. The maximum Gasteiger partial charge on any atom is 0.573 e. The molecule has 0 aliphatic heterocycles. The van der Waals surface area contributed by atoms with Gasteiger partial charge in [0.1, 0.15) is 5.75 Å². The largest absolute Gasteiger partial charge is 0.573 e. The molecular formula is C17H18F3N3O. The van der Waals surface area contributed by atoms with Gasteiger partial charge in [-0.2, -0.15) is 10.4 Å². The molecule has 0 aliphatic rings. The van der Waals surface area contributed by atoms with Crippen LogP contribution in [-0.2, 0) is 6.54 Å². The third-order valence-corrected chi connectivity index (χ3v) is 3.52. The van der Waals surface area contributed by atoms with Crippen molar-refractivity contribution in [2.24, 2.45) is 0 Å². The number of aryl methyl sites for hydroxylation is 1. The summed E-state index contributed by atoms with van der Waals surface area (Å²) in [5.41, 5.74) is 0.880. The van der Waals surface area contributed by atoms with E-state index in [4.69, 9.17) is 5.26 Å². The third kappa shape index (κ3) is 5.01. The first-order valence-corrected chi connectivity index (χ1v) is 7.75. The fourth-order valence-electron chi connectivity index (χ4n) is 2.37. The highest BCUT2D eigenvalue weighted by atomic mass is 19.4. The highest BCUT2D eigenvalue weighted by Crippen LogP contribution is 2.34. The molecule has 0 N–H and O–H groups in total. The first-order chi connectivity index (χ1) is 11.4. The zero-order valence-electron chi connectivity index (χ0n) is 13.3. The molecule has 0 unspecified atom stereocenters. The average molecular weight is 337 g/mol. The number of alkyl halides is 3. The first kappa shape index (κ1) is 17.9. The van der Waals surface area contributed by atoms with Crippen LogP contribution in [-0.4, -0.2) is 16.1 Å². The molecule has 24 heavy (non-hydrogen) atoms. The number of unbranched alkanes of at least 4 members (excludes halogenated alkanes) is 3. The van der Waals surface area contributed by atoms with Gasteiger partial charge in [-0.25, -0.2) is 0 Å². The molecule has 0 fully saturated rings. The van der Waals surface area contributed by atoms with E-state index in [2.05, 4.69) is 16.8 Å². The molecule has 0 saturated carbocycles. The Morgan fingerprint density at radius 1 is 1.25 bits per heavy atom. The summed E-state index contributed by atoms with van der Waals surface area (Å²) >= 11 is 0. The molecule has 128 valence electrons. The van der Waals surface area contributed by atoms with Gasteiger partial charge in [0.25, 0.3) is 0 Å². The number of halogens is 3. The van der Waals surface area contributed by atoms with Crippen molar-refractivity contribution in [1.82, 2.24) is 9.78 Å². The van der Waals surface area contributed by atoms with Gasteiger partial charge < -0.3 is 4.74 Å². The van der Waals surface area contributed by atoms with E-state index < -0.39 is 12.1 Å². The van der Waals surface area contributed by atoms with Crippen molar-refractivity contribution < 1.29 is 17.9 Å². The first-order valence-electron chi connectivity index (χ1n) is 7.75. The van der Waals surface area contributed by atoms with Gasteiger partial charge in [-0.05, 0) is 24.6 Å². The van der Waals surface area contributed by atoms with Gasteiger partial charge in [-0.3, -0.25) is 4.68 Å². The fourth-order valence-corrected chi connectivity index (χ4v) is 2.37. The van der Waals surface area contributed by atoms with E-state index in [9.17, 15) is 13.2 Å². The lowest BCUT2D eigenvalue weighted by molar-refractivity contribution is -0.274. The standard InChI is InChI=1S/C17H18F3N3O/c1-2-3-4-5-8-23-12-14(11-22-23)15-7-6-13(10-21)9-16(15)24-17(18,19)20/h6-7,9,11-12H,2-5,8H2,1H3. The smallest absolute Gasteiger partial charge is 0.405 e. The summed E-state index contributed by atoms with van der Waals surface area (Å²) in [5, 5.41) is 13.0. The highest BCUT2D eigenvalue weighted by molar-refractivity contribution is 5.70. The Hall–Kier alpha value is -2.49. The maximum atomic E-state index is 12.6. The van der Waals surface area contributed by atoms with E-state index in [1.54, 1.807) is 10.9 Å². The van der Waals surface area contributed by atoms with Crippen LogP contribution in [0.15, 0.2) is 30.6 Å². The molecule has 1 aromatic carbocycles. The van der Waals surface area contributed by atoms with E-state index in [-0.39, 0.29) is 11.1 Å². The van der Waals surface area contributed by atoms with Crippen LogP contribution in [0.4, 0.5) is 13.2 Å². The Kier molecular flexibility index (Phi) is 5.85.